The van der Waals surface area contributed by atoms with Gasteiger partial charge in [0.1, 0.15) is 22.8 Å². The van der Waals surface area contributed by atoms with Crippen molar-refractivity contribution in [2.24, 2.45) is 0 Å². The Labute approximate surface area is 271 Å². The first kappa shape index (κ1) is 29.7. The van der Waals surface area contributed by atoms with E-state index in [4.69, 9.17) is 9.47 Å². The Morgan fingerprint density at radius 1 is 0.609 bits per heavy atom. The van der Waals surface area contributed by atoms with Gasteiger partial charge in [0.25, 0.3) is 0 Å². The summed E-state index contributed by atoms with van der Waals surface area (Å²) in [6, 6.07) is 34.3. The van der Waals surface area contributed by atoms with Crippen LogP contribution in [0.25, 0.3) is 11.1 Å². The standard InChI is InChI=1S/C42H38O4/c1-5-42(4,6-2)46-37-21-19-36(20-22-37)45-35-17-15-31(16-18-35)39(43)29-11-7-27(8-12-29)28-9-13-30(14-10-28)40(44)32-23-33-25-41(3)26-34(24-32)38(33)41/h7-24H,5-6,25-26H2,1-4H3. The van der Waals surface area contributed by atoms with Crippen molar-refractivity contribution in [2.45, 2.75) is 64.4 Å². The second kappa shape index (κ2) is 11.4. The molecule has 0 saturated carbocycles. The van der Waals surface area contributed by atoms with Crippen molar-refractivity contribution in [2.75, 3.05) is 0 Å². The van der Waals surface area contributed by atoms with Gasteiger partial charge in [-0.15, -0.1) is 0 Å². The van der Waals surface area contributed by atoms with Gasteiger partial charge in [-0.2, -0.15) is 0 Å². The number of carbonyl (C=O) groups is 2. The highest BCUT2D eigenvalue weighted by Crippen LogP contribution is 2.54. The molecule has 2 aliphatic rings. The van der Waals surface area contributed by atoms with Crippen molar-refractivity contribution in [3.05, 3.63) is 148 Å². The fourth-order valence-corrected chi connectivity index (χ4v) is 6.85. The Kier molecular flexibility index (Phi) is 7.39. The number of rotatable bonds is 11. The summed E-state index contributed by atoms with van der Waals surface area (Å²) >= 11 is 0. The highest BCUT2D eigenvalue weighted by Gasteiger charge is 2.48. The van der Waals surface area contributed by atoms with E-state index in [2.05, 4.69) is 39.8 Å². The number of ketones is 2. The van der Waals surface area contributed by atoms with Crippen LogP contribution < -0.4 is 9.47 Å². The molecule has 0 unspecified atom stereocenters. The number of hydrogen-bond acceptors (Lipinski definition) is 4. The van der Waals surface area contributed by atoms with Gasteiger partial charge in [-0.1, -0.05) is 69.3 Å². The third-order valence-corrected chi connectivity index (χ3v) is 9.99. The quantitative estimate of drug-likeness (QED) is 0.140. The summed E-state index contributed by atoms with van der Waals surface area (Å²) < 4.78 is 12.2. The molecule has 0 atom stereocenters. The van der Waals surface area contributed by atoms with E-state index in [1.54, 1.807) is 12.1 Å². The van der Waals surface area contributed by atoms with Gasteiger partial charge < -0.3 is 9.47 Å². The van der Waals surface area contributed by atoms with Crippen molar-refractivity contribution in [1.29, 1.82) is 0 Å². The number of carbonyl (C=O) groups excluding carboxylic acids is 2. The van der Waals surface area contributed by atoms with Gasteiger partial charge in [0, 0.05) is 27.7 Å². The Morgan fingerprint density at radius 2 is 1.00 bits per heavy atom. The predicted molar refractivity (Wildman–Crippen MR) is 183 cm³/mol. The van der Waals surface area contributed by atoms with Crippen molar-refractivity contribution in [3.63, 3.8) is 0 Å². The van der Waals surface area contributed by atoms with Gasteiger partial charge >= 0.3 is 0 Å². The zero-order chi connectivity index (χ0) is 32.1. The van der Waals surface area contributed by atoms with Crippen molar-refractivity contribution >= 4 is 11.6 Å². The molecule has 0 radical (unpaired) electrons. The monoisotopic (exact) mass is 606 g/mol. The summed E-state index contributed by atoms with van der Waals surface area (Å²) in [5, 5.41) is 0. The molecule has 4 heteroatoms. The zero-order valence-electron chi connectivity index (χ0n) is 26.9. The van der Waals surface area contributed by atoms with Crippen LogP contribution in [-0.2, 0) is 18.3 Å². The molecule has 2 aliphatic carbocycles. The van der Waals surface area contributed by atoms with Crippen LogP contribution >= 0.6 is 0 Å². The summed E-state index contributed by atoms with van der Waals surface area (Å²) in [4.78, 5) is 26.4. The lowest BCUT2D eigenvalue weighted by Crippen LogP contribution is -2.47. The van der Waals surface area contributed by atoms with E-state index in [-0.39, 0.29) is 17.2 Å². The highest BCUT2D eigenvalue weighted by molar-refractivity contribution is 6.10. The van der Waals surface area contributed by atoms with Gasteiger partial charge in [-0.25, -0.2) is 0 Å². The maximum atomic E-state index is 13.2. The fraction of sp³-hybridized carbons (Fsp3) is 0.238. The largest absolute Gasteiger partial charge is 0.488 e. The Hall–Kier alpha value is -4.96. The van der Waals surface area contributed by atoms with E-state index >= 15 is 0 Å². The smallest absolute Gasteiger partial charge is 0.193 e. The molecule has 46 heavy (non-hydrogen) atoms. The van der Waals surface area contributed by atoms with Crippen LogP contribution in [0.4, 0.5) is 0 Å². The summed E-state index contributed by atoms with van der Waals surface area (Å²) in [5.41, 5.74) is 9.00. The van der Waals surface area contributed by atoms with E-state index in [0.29, 0.717) is 33.6 Å². The van der Waals surface area contributed by atoms with E-state index in [1.807, 2.05) is 84.9 Å². The molecule has 230 valence electrons. The molecule has 0 aliphatic heterocycles. The van der Waals surface area contributed by atoms with E-state index in [1.165, 1.54) is 16.7 Å². The molecular formula is C42H38O4. The molecule has 4 nitrogen and oxygen atoms in total. The third kappa shape index (κ3) is 5.43. The van der Waals surface area contributed by atoms with Crippen LogP contribution in [0.15, 0.2) is 109 Å². The SMILES string of the molecule is CCC(C)(CC)Oc1ccc(Oc2ccc(C(=O)c3ccc(-c4ccc(C(=O)c5cc6c7c(c5)CC7(C)C6)cc4)cc3)cc2)cc1. The molecule has 0 spiro atoms. The van der Waals surface area contributed by atoms with Crippen LogP contribution in [0, 0.1) is 0 Å². The topological polar surface area (TPSA) is 52.6 Å². The van der Waals surface area contributed by atoms with Gasteiger partial charge in [0.05, 0.1) is 0 Å². The maximum absolute atomic E-state index is 13.2. The number of benzene rings is 5. The first-order valence-electron chi connectivity index (χ1n) is 16.2. The van der Waals surface area contributed by atoms with E-state index in [0.717, 1.165) is 48.1 Å². The first-order chi connectivity index (χ1) is 22.2. The van der Waals surface area contributed by atoms with Gasteiger partial charge in [-0.05, 0) is 121 Å². The lowest BCUT2D eigenvalue weighted by molar-refractivity contribution is 0.0802. The van der Waals surface area contributed by atoms with Crippen molar-refractivity contribution in [3.8, 4) is 28.4 Å². The molecule has 7 rings (SSSR count). The highest BCUT2D eigenvalue weighted by atomic mass is 16.5. The average molecular weight is 607 g/mol. The van der Waals surface area contributed by atoms with Gasteiger partial charge in [0.15, 0.2) is 11.6 Å². The predicted octanol–water partition coefficient (Wildman–Crippen LogP) is 9.94. The first-order valence-corrected chi connectivity index (χ1v) is 16.2. The maximum Gasteiger partial charge on any atom is 0.193 e. The van der Waals surface area contributed by atoms with E-state index < -0.39 is 0 Å². The second-order valence-electron chi connectivity index (χ2n) is 13.3. The Morgan fingerprint density at radius 3 is 1.43 bits per heavy atom. The third-order valence-electron chi connectivity index (χ3n) is 9.99. The minimum Gasteiger partial charge on any atom is -0.488 e. The molecule has 0 aromatic heterocycles. The van der Waals surface area contributed by atoms with Crippen molar-refractivity contribution < 1.29 is 19.1 Å². The zero-order valence-corrected chi connectivity index (χ0v) is 26.9. The number of ether oxygens (including phenoxy) is 2. The summed E-state index contributed by atoms with van der Waals surface area (Å²) in [6.45, 7) is 8.69. The fourth-order valence-electron chi connectivity index (χ4n) is 6.85. The minimum absolute atomic E-state index is 0.0539. The molecule has 0 N–H and O–H groups in total. The molecular weight excluding hydrogens is 568 g/mol. The van der Waals surface area contributed by atoms with Crippen LogP contribution in [0.5, 0.6) is 17.2 Å². The number of hydrogen-bond donors (Lipinski definition) is 0. The summed E-state index contributed by atoms with van der Waals surface area (Å²) in [5.74, 6) is 2.19. The molecule has 0 saturated heterocycles. The normalized spacial score (nSPS) is 14.0. The van der Waals surface area contributed by atoms with Crippen LogP contribution in [0.2, 0.25) is 0 Å². The summed E-state index contributed by atoms with van der Waals surface area (Å²) in [6.07, 6.45) is 4.03. The average Bonchev–Trinajstić information content (AvgIpc) is 3.07. The lowest BCUT2D eigenvalue weighted by atomic mass is 9.52. The molecule has 5 aromatic carbocycles. The van der Waals surface area contributed by atoms with Crippen molar-refractivity contribution in [1.82, 2.24) is 0 Å². The Bertz CT molecular complexity index is 1900. The molecule has 5 aromatic rings. The Balaban J connectivity index is 0.971. The molecule has 0 heterocycles. The van der Waals surface area contributed by atoms with Crippen LogP contribution in [0.3, 0.4) is 0 Å². The lowest BCUT2D eigenvalue weighted by Gasteiger charge is -2.52. The van der Waals surface area contributed by atoms with E-state index in [9.17, 15) is 9.59 Å². The van der Waals surface area contributed by atoms with Crippen LogP contribution in [0.1, 0.15) is 89.1 Å². The molecule has 0 fully saturated rings. The van der Waals surface area contributed by atoms with Gasteiger partial charge in [0.2, 0.25) is 0 Å². The van der Waals surface area contributed by atoms with Crippen LogP contribution in [-0.4, -0.2) is 17.2 Å². The van der Waals surface area contributed by atoms with Gasteiger partial charge in [-0.3, -0.25) is 9.59 Å². The summed E-state index contributed by atoms with van der Waals surface area (Å²) in [7, 11) is 0. The molecule has 0 bridgehead atoms. The minimum atomic E-state index is -0.180. The second-order valence-corrected chi connectivity index (χ2v) is 13.3. The molecule has 0 amide bonds.